The lowest BCUT2D eigenvalue weighted by Gasteiger charge is -2.37. The van der Waals surface area contributed by atoms with Crippen molar-refractivity contribution >= 4 is 37.0 Å². The molecular formula is C17H14BFN4O3. The Hall–Kier alpha value is -3.10. The average Bonchev–Trinajstić information content (AvgIpc) is 2.59. The molecule has 1 aromatic heterocycles. The van der Waals surface area contributed by atoms with E-state index >= 15 is 0 Å². The van der Waals surface area contributed by atoms with E-state index in [0.29, 0.717) is 16.6 Å². The van der Waals surface area contributed by atoms with Gasteiger partial charge in [0.05, 0.1) is 17.8 Å². The van der Waals surface area contributed by atoms with Gasteiger partial charge in [-0.2, -0.15) is 0 Å². The molecular weight excluding hydrogens is 338 g/mol. The normalized spacial score (nSPS) is 15.6. The minimum Gasteiger partial charge on any atom is -0.293 e. The van der Waals surface area contributed by atoms with Gasteiger partial charge in [0, 0.05) is 5.56 Å². The summed E-state index contributed by atoms with van der Waals surface area (Å²) in [6.07, 6.45) is 1.78. The second kappa shape index (κ2) is 6.32. The minimum absolute atomic E-state index is 0.124. The van der Waals surface area contributed by atoms with Crippen molar-refractivity contribution in [2.75, 3.05) is 11.9 Å². The van der Waals surface area contributed by atoms with Gasteiger partial charge in [-0.25, -0.2) is 14.4 Å². The SMILES string of the molecule is [B]c1ccc2c(c1)C(C)(C)C(=O)N(CC(=O)Nc1ncc(F)cn1)C2=O. The van der Waals surface area contributed by atoms with Crippen LogP contribution in [0.15, 0.2) is 30.6 Å². The fourth-order valence-electron chi connectivity index (χ4n) is 2.78. The molecule has 2 aromatic rings. The summed E-state index contributed by atoms with van der Waals surface area (Å²) in [7, 11) is 5.76. The molecule has 26 heavy (non-hydrogen) atoms. The van der Waals surface area contributed by atoms with Crippen molar-refractivity contribution < 1.29 is 18.8 Å². The summed E-state index contributed by atoms with van der Waals surface area (Å²) in [6, 6.07) is 4.69. The van der Waals surface area contributed by atoms with Crippen LogP contribution in [0.25, 0.3) is 0 Å². The fraction of sp³-hybridized carbons (Fsp3) is 0.235. The van der Waals surface area contributed by atoms with Crippen molar-refractivity contribution in [1.29, 1.82) is 0 Å². The third-order valence-corrected chi connectivity index (χ3v) is 4.15. The maximum atomic E-state index is 12.8. The third kappa shape index (κ3) is 3.07. The standard InChI is InChI=1S/C17H14BFN4O3/c1-17(2)12-5-9(18)3-4-11(12)14(25)23(15(17)26)8-13(24)22-16-20-6-10(19)7-21-16/h3-7H,8H2,1-2H3,(H,20,21,22,24). The van der Waals surface area contributed by atoms with E-state index in [1.807, 2.05) is 0 Å². The Bertz CT molecular complexity index is 915. The lowest BCUT2D eigenvalue weighted by molar-refractivity contribution is -0.136. The molecule has 0 aliphatic carbocycles. The minimum atomic E-state index is -1.02. The third-order valence-electron chi connectivity index (χ3n) is 4.15. The van der Waals surface area contributed by atoms with Crippen LogP contribution >= 0.6 is 0 Å². The number of carbonyl (C=O) groups is 3. The van der Waals surface area contributed by atoms with Crippen molar-refractivity contribution in [3.05, 3.63) is 47.5 Å². The van der Waals surface area contributed by atoms with Crippen LogP contribution in [-0.2, 0) is 15.0 Å². The molecule has 0 spiro atoms. The summed E-state index contributed by atoms with van der Waals surface area (Å²) < 4.78 is 12.8. The Balaban J connectivity index is 1.85. The van der Waals surface area contributed by atoms with Crippen molar-refractivity contribution in [2.24, 2.45) is 0 Å². The summed E-state index contributed by atoms with van der Waals surface area (Å²) >= 11 is 0. The van der Waals surface area contributed by atoms with Crippen molar-refractivity contribution in [3.63, 3.8) is 0 Å². The summed E-state index contributed by atoms with van der Waals surface area (Å²) in [5.41, 5.74) is 0.253. The van der Waals surface area contributed by atoms with E-state index < -0.39 is 35.5 Å². The monoisotopic (exact) mass is 352 g/mol. The lowest BCUT2D eigenvalue weighted by Crippen LogP contribution is -2.54. The number of imide groups is 1. The van der Waals surface area contributed by atoms with E-state index in [2.05, 4.69) is 15.3 Å². The predicted octanol–water partition coefficient (Wildman–Crippen LogP) is 0.308. The van der Waals surface area contributed by atoms with Crippen molar-refractivity contribution in [2.45, 2.75) is 19.3 Å². The molecule has 1 aromatic carbocycles. The van der Waals surface area contributed by atoms with Crippen LogP contribution in [0, 0.1) is 5.82 Å². The number of carbonyl (C=O) groups excluding carboxylic acids is 3. The van der Waals surface area contributed by atoms with Crippen LogP contribution in [0.1, 0.15) is 29.8 Å². The molecule has 2 radical (unpaired) electrons. The van der Waals surface area contributed by atoms with Gasteiger partial charge in [-0.3, -0.25) is 24.6 Å². The number of aromatic nitrogens is 2. The van der Waals surface area contributed by atoms with Crippen LogP contribution in [-0.4, -0.2) is 47.0 Å². The van der Waals surface area contributed by atoms with Crippen LogP contribution in [0.4, 0.5) is 10.3 Å². The van der Waals surface area contributed by atoms with E-state index in [-0.39, 0.29) is 5.95 Å². The first-order valence-electron chi connectivity index (χ1n) is 7.74. The van der Waals surface area contributed by atoms with Gasteiger partial charge in [-0.15, -0.1) is 0 Å². The van der Waals surface area contributed by atoms with Gasteiger partial charge in [-0.05, 0) is 25.5 Å². The molecule has 0 atom stereocenters. The summed E-state index contributed by atoms with van der Waals surface area (Å²) in [5.74, 6) is -2.55. The number of amides is 3. The van der Waals surface area contributed by atoms with E-state index in [9.17, 15) is 18.8 Å². The highest BCUT2D eigenvalue weighted by atomic mass is 19.1. The molecule has 2 heterocycles. The van der Waals surface area contributed by atoms with Gasteiger partial charge in [0.25, 0.3) is 5.91 Å². The molecule has 0 fully saturated rings. The van der Waals surface area contributed by atoms with Gasteiger partial charge in [0.15, 0.2) is 5.82 Å². The number of hydrogen-bond donors (Lipinski definition) is 1. The Morgan fingerprint density at radius 1 is 1.27 bits per heavy atom. The number of nitrogens with zero attached hydrogens (tertiary/aromatic N) is 3. The Kier molecular flexibility index (Phi) is 4.31. The highest BCUT2D eigenvalue weighted by Gasteiger charge is 2.44. The number of hydrogen-bond acceptors (Lipinski definition) is 5. The lowest BCUT2D eigenvalue weighted by atomic mass is 9.75. The van der Waals surface area contributed by atoms with Crippen LogP contribution in [0.2, 0.25) is 0 Å². The molecule has 3 amide bonds. The Morgan fingerprint density at radius 2 is 1.92 bits per heavy atom. The zero-order valence-electron chi connectivity index (χ0n) is 14.1. The van der Waals surface area contributed by atoms with Gasteiger partial charge >= 0.3 is 0 Å². The molecule has 0 unspecified atom stereocenters. The molecule has 0 saturated carbocycles. The summed E-state index contributed by atoms with van der Waals surface area (Å²) in [6.45, 7) is 2.81. The predicted molar refractivity (Wildman–Crippen MR) is 91.5 cm³/mol. The number of nitrogens with one attached hydrogen (secondary N) is 1. The number of benzene rings is 1. The largest absolute Gasteiger partial charge is 0.293 e. The van der Waals surface area contributed by atoms with Crippen LogP contribution in [0.5, 0.6) is 0 Å². The fourth-order valence-corrected chi connectivity index (χ4v) is 2.78. The Labute approximate surface area is 150 Å². The quantitative estimate of drug-likeness (QED) is 0.634. The highest BCUT2D eigenvalue weighted by Crippen LogP contribution is 2.33. The van der Waals surface area contributed by atoms with E-state index in [0.717, 1.165) is 17.3 Å². The number of fused-ring (bicyclic) bond motifs is 1. The first kappa shape index (κ1) is 17.7. The van der Waals surface area contributed by atoms with Crippen molar-refractivity contribution in [1.82, 2.24) is 14.9 Å². The highest BCUT2D eigenvalue weighted by molar-refractivity contribution is 6.32. The molecule has 1 aliphatic heterocycles. The smallest absolute Gasteiger partial charge is 0.261 e. The molecule has 130 valence electrons. The van der Waals surface area contributed by atoms with Gasteiger partial charge in [0.2, 0.25) is 17.8 Å². The second-order valence-electron chi connectivity index (χ2n) is 6.40. The zero-order valence-corrected chi connectivity index (χ0v) is 14.1. The molecule has 9 heteroatoms. The van der Waals surface area contributed by atoms with E-state index in [4.69, 9.17) is 7.85 Å². The number of halogens is 1. The number of anilines is 1. The first-order chi connectivity index (χ1) is 12.2. The van der Waals surface area contributed by atoms with Gasteiger partial charge in [0.1, 0.15) is 14.4 Å². The summed E-state index contributed by atoms with van der Waals surface area (Å²) in [4.78, 5) is 45.7. The van der Waals surface area contributed by atoms with Gasteiger partial charge < -0.3 is 0 Å². The van der Waals surface area contributed by atoms with Crippen molar-refractivity contribution in [3.8, 4) is 0 Å². The average molecular weight is 352 g/mol. The molecule has 0 bridgehead atoms. The molecule has 7 nitrogen and oxygen atoms in total. The van der Waals surface area contributed by atoms with E-state index in [1.54, 1.807) is 26.0 Å². The maximum Gasteiger partial charge on any atom is 0.261 e. The first-order valence-corrected chi connectivity index (χ1v) is 7.74. The van der Waals surface area contributed by atoms with Crippen LogP contribution in [0.3, 0.4) is 0 Å². The zero-order chi connectivity index (χ0) is 19.1. The number of rotatable bonds is 3. The summed E-state index contributed by atoms with van der Waals surface area (Å²) in [5, 5.41) is 2.32. The Morgan fingerprint density at radius 3 is 2.58 bits per heavy atom. The molecule has 1 N–H and O–H groups in total. The van der Waals surface area contributed by atoms with Gasteiger partial charge in [-0.1, -0.05) is 17.6 Å². The molecule has 1 aliphatic rings. The maximum absolute atomic E-state index is 12.8. The molecule has 0 saturated heterocycles. The topological polar surface area (TPSA) is 92.3 Å². The molecule has 3 rings (SSSR count). The van der Waals surface area contributed by atoms with Crippen LogP contribution < -0.4 is 10.8 Å². The second-order valence-corrected chi connectivity index (χ2v) is 6.40. The van der Waals surface area contributed by atoms with E-state index in [1.165, 1.54) is 6.07 Å².